The summed E-state index contributed by atoms with van der Waals surface area (Å²) in [7, 11) is 0. The first-order valence-electron chi connectivity index (χ1n) is 5.63. The first kappa shape index (κ1) is 11.8. The molecule has 90 valence electrons. The third-order valence-corrected chi connectivity index (χ3v) is 2.92. The topological polar surface area (TPSA) is 55.1 Å². The van der Waals surface area contributed by atoms with Gasteiger partial charge in [0.05, 0.1) is 0 Å². The predicted octanol–water partition coefficient (Wildman–Crippen LogP) is 1.73. The molecular formula is C13H15FN2O. The van der Waals surface area contributed by atoms with E-state index in [0.717, 1.165) is 12.8 Å². The summed E-state index contributed by atoms with van der Waals surface area (Å²) in [5, 5.41) is 3.25. The van der Waals surface area contributed by atoms with Crippen LogP contribution >= 0.6 is 0 Å². The van der Waals surface area contributed by atoms with Crippen LogP contribution in [0.4, 0.5) is 4.39 Å². The summed E-state index contributed by atoms with van der Waals surface area (Å²) in [5.41, 5.74) is 5.98. The van der Waals surface area contributed by atoms with E-state index in [4.69, 9.17) is 5.73 Å². The zero-order valence-corrected chi connectivity index (χ0v) is 9.45. The van der Waals surface area contributed by atoms with Crippen LogP contribution in [0.15, 0.2) is 30.4 Å². The highest BCUT2D eigenvalue weighted by Gasteiger charge is 2.11. The van der Waals surface area contributed by atoms with Crippen LogP contribution in [0.2, 0.25) is 0 Å². The molecule has 0 aromatic heterocycles. The van der Waals surface area contributed by atoms with E-state index in [1.54, 1.807) is 0 Å². The van der Waals surface area contributed by atoms with Crippen molar-refractivity contribution in [2.75, 3.05) is 0 Å². The van der Waals surface area contributed by atoms with Crippen LogP contribution < -0.4 is 11.1 Å². The Labute approximate surface area is 99.5 Å². The zero-order valence-electron chi connectivity index (χ0n) is 9.45. The number of nitrogens with one attached hydrogen (secondary N) is 1. The maximum Gasteiger partial charge on any atom is 0.248 e. The third kappa shape index (κ3) is 2.91. The zero-order chi connectivity index (χ0) is 12.3. The van der Waals surface area contributed by atoms with E-state index in [1.165, 1.54) is 18.2 Å². The average molecular weight is 234 g/mol. The number of hydrogen-bond donors (Lipinski definition) is 2. The van der Waals surface area contributed by atoms with Crippen molar-refractivity contribution < 1.29 is 9.18 Å². The Morgan fingerprint density at radius 3 is 2.76 bits per heavy atom. The molecule has 1 aromatic rings. The average Bonchev–Trinajstić information content (AvgIpc) is 2.80. The molecule has 0 bridgehead atoms. The van der Waals surface area contributed by atoms with Crippen LogP contribution in [-0.2, 0) is 6.54 Å². The van der Waals surface area contributed by atoms with Crippen molar-refractivity contribution in [2.45, 2.75) is 25.4 Å². The maximum absolute atomic E-state index is 13.5. The van der Waals surface area contributed by atoms with Gasteiger partial charge >= 0.3 is 0 Å². The number of hydrogen-bond acceptors (Lipinski definition) is 2. The standard InChI is InChI=1S/C13H15FN2O/c14-12-6-5-9(13(15)17)7-10(12)8-16-11-3-1-2-4-11/h1-2,5-7,11,16H,3-4,8H2,(H2,15,17). The van der Waals surface area contributed by atoms with Gasteiger partial charge in [0.25, 0.3) is 0 Å². The van der Waals surface area contributed by atoms with E-state index in [9.17, 15) is 9.18 Å². The summed E-state index contributed by atoms with van der Waals surface area (Å²) in [4.78, 5) is 11.0. The van der Waals surface area contributed by atoms with Gasteiger partial charge in [0.1, 0.15) is 5.82 Å². The SMILES string of the molecule is NC(=O)c1ccc(F)c(CNC2CC=CC2)c1. The molecule has 4 heteroatoms. The van der Waals surface area contributed by atoms with Gasteiger partial charge in [-0.1, -0.05) is 12.2 Å². The lowest BCUT2D eigenvalue weighted by atomic mass is 10.1. The Balaban J connectivity index is 2.03. The monoisotopic (exact) mass is 234 g/mol. The molecule has 1 aliphatic rings. The van der Waals surface area contributed by atoms with Crippen molar-refractivity contribution in [3.8, 4) is 0 Å². The lowest BCUT2D eigenvalue weighted by molar-refractivity contribution is 0.1000. The van der Waals surface area contributed by atoms with Crippen molar-refractivity contribution in [2.24, 2.45) is 5.73 Å². The quantitative estimate of drug-likeness (QED) is 0.779. The number of carbonyl (C=O) groups excluding carboxylic acids is 1. The molecule has 0 atom stereocenters. The largest absolute Gasteiger partial charge is 0.366 e. The van der Waals surface area contributed by atoms with Gasteiger partial charge in [-0.3, -0.25) is 4.79 Å². The molecule has 1 amide bonds. The maximum atomic E-state index is 13.5. The highest BCUT2D eigenvalue weighted by atomic mass is 19.1. The second-order valence-electron chi connectivity index (χ2n) is 4.19. The van der Waals surface area contributed by atoms with Crippen molar-refractivity contribution >= 4 is 5.91 Å². The normalized spacial score (nSPS) is 15.4. The van der Waals surface area contributed by atoms with Crippen LogP contribution in [0.5, 0.6) is 0 Å². The van der Waals surface area contributed by atoms with Crippen LogP contribution in [0.25, 0.3) is 0 Å². The summed E-state index contributed by atoms with van der Waals surface area (Å²) in [6, 6.07) is 4.56. The fraction of sp³-hybridized carbons (Fsp3) is 0.308. The Morgan fingerprint density at radius 2 is 2.12 bits per heavy atom. The molecule has 0 saturated heterocycles. The van der Waals surface area contributed by atoms with Crippen LogP contribution in [0.1, 0.15) is 28.8 Å². The molecule has 0 aliphatic heterocycles. The molecule has 0 radical (unpaired) electrons. The number of rotatable bonds is 4. The molecule has 1 aliphatic carbocycles. The highest BCUT2D eigenvalue weighted by molar-refractivity contribution is 5.92. The minimum atomic E-state index is -0.534. The van der Waals surface area contributed by atoms with Gasteiger partial charge in [-0.25, -0.2) is 4.39 Å². The van der Waals surface area contributed by atoms with Gasteiger partial charge in [-0.15, -0.1) is 0 Å². The highest BCUT2D eigenvalue weighted by Crippen LogP contribution is 2.13. The van der Waals surface area contributed by atoms with E-state index in [2.05, 4.69) is 17.5 Å². The molecular weight excluding hydrogens is 219 g/mol. The van der Waals surface area contributed by atoms with E-state index in [0.29, 0.717) is 23.7 Å². The summed E-state index contributed by atoms with van der Waals surface area (Å²) < 4.78 is 13.5. The Morgan fingerprint density at radius 1 is 1.41 bits per heavy atom. The van der Waals surface area contributed by atoms with Gasteiger partial charge in [0.2, 0.25) is 5.91 Å². The summed E-state index contributed by atoms with van der Waals surface area (Å²) in [5.74, 6) is -0.845. The first-order valence-corrected chi connectivity index (χ1v) is 5.63. The Kier molecular flexibility index (Phi) is 3.54. The van der Waals surface area contributed by atoms with Gasteiger partial charge in [0.15, 0.2) is 0 Å². The predicted molar refractivity (Wildman–Crippen MR) is 63.9 cm³/mol. The number of carbonyl (C=O) groups is 1. The van der Waals surface area contributed by atoms with Crippen molar-refractivity contribution in [3.05, 3.63) is 47.3 Å². The minimum absolute atomic E-state index is 0.312. The van der Waals surface area contributed by atoms with Crippen molar-refractivity contribution in [3.63, 3.8) is 0 Å². The minimum Gasteiger partial charge on any atom is -0.366 e. The summed E-state index contributed by atoms with van der Waals surface area (Å²) in [6.07, 6.45) is 6.15. The van der Waals surface area contributed by atoms with Crippen molar-refractivity contribution in [1.82, 2.24) is 5.32 Å². The summed E-state index contributed by atoms with van der Waals surface area (Å²) >= 11 is 0. The number of halogens is 1. The lowest BCUT2D eigenvalue weighted by Gasteiger charge is -2.12. The molecule has 2 rings (SSSR count). The van der Waals surface area contributed by atoms with Crippen LogP contribution in [0.3, 0.4) is 0 Å². The molecule has 0 heterocycles. The second-order valence-corrected chi connectivity index (χ2v) is 4.19. The molecule has 0 spiro atoms. The van der Waals surface area contributed by atoms with E-state index < -0.39 is 5.91 Å². The second kappa shape index (κ2) is 5.10. The molecule has 0 fully saturated rings. The number of nitrogens with two attached hydrogens (primary N) is 1. The van der Waals surface area contributed by atoms with E-state index >= 15 is 0 Å². The van der Waals surface area contributed by atoms with E-state index in [1.807, 2.05) is 0 Å². The Hall–Kier alpha value is -1.68. The van der Waals surface area contributed by atoms with Crippen molar-refractivity contribution in [1.29, 1.82) is 0 Å². The number of benzene rings is 1. The van der Waals surface area contributed by atoms with Gasteiger partial charge < -0.3 is 11.1 Å². The van der Waals surface area contributed by atoms with E-state index in [-0.39, 0.29) is 5.82 Å². The van der Waals surface area contributed by atoms with Crippen LogP contribution in [-0.4, -0.2) is 11.9 Å². The van der Waals surface area contributed by atoms with Gasteiger partial charge in [-0.2, -0.15) is 0 Å². The number of amides is 1. The van der Waals surface area contributed by atoms with Crippen LogP contribution in [0, 0.1) is 5.82 Å². The Bertz CT molecular complexity index is 449. The molecule has 3 N–H and O–H groups in total. The third-order valence-electron chi connectivity index (χ3n) is 2.92. The van der Waals surface area contributed by atoms with Gasteiger partial charge in [-0.05, 0) is 31.0 Å². The fourth-order valence-electron chi connectivity index (χ4n) is 1.90. The first-order chi connectivity index (χ1) is 8.16. The number of primary amides is 1. The molecule has 3 nitrogen and oxygen atoms in total. The molecule has 0 saturated carbocycles. The molecule has 0 unspecified atom stereocenters. The summed E-state index contributed by atoms with van der Waals surface area (Å²) in [6.45, 7) is 0.416. The molecule has 1 aromatic carbocycles. The molecule has 17 heavy (non-hydrogen) atoms. The lowest BCUT2D eigenvalue weighted by Crippen LogP contribution is -2.26. The fourth-order valence-corrected chi connectivity index (χ4v) is 1.90. The van der Waals surface area contributed by atoms with Gasteiger partial charge in [0, 0.05) is 23.7 Å². The smallest absolute Gasteiger partial charge is 0.248 e.